The molecule has 5 rings (SSSR count). The molecular weight excluding hydrogens is 424 g/mol. The maximum absolute atomic E-state index is 13.2. The smallest absolute Gasteiger partial charge is 0.252 e. The molecule has 2 aliphatic rings. The number of aryl methyl sites for hydroxylation is 2. The van der Waals surface area contributed by atoms with Crippen LogP contribution in [0.3, 0.4) is 0 Å². The molecule has 2 saturated carbocycles. The third-order valence-corrected chi connectivity index (χ3v) is 8.06. The zero-order chi connectivity index (χ0) is 23.7. The topological polar surface area (TPSA) is 79.7 Å². The standard InChI is InChI=1S/C27H38N6O/c1-4-25(26-29-30-31-33(26)22-12-8-9-13-22)32(21-10-6-5-7-11-21)17-20-16-23-19(3)14-18(2)15-24(23)28-27(20)34/h14-16,21-22,25H,4-13,17H2,1-3H3,(H,28,34). The lowest BCUT2D eigenvalue weighted by molar-refractivity contribution is 0.0830. The summed E-state index contributed by atoms with van der Waals surface area (Å²) in [7, 11) is 0. The molecule has 0 aliphatic heterocycles. The van der Waals surface area contributed by atoms with Crippen molar-refractivity contribution in [3.8, 4) is 0 Å². The van der Waals surface area contributed by atoms with E-state index in [1.165, 1.54) is 56.1 Å². The fourth-order valence-corrected chi connectivity index (χ4v) is 6.33. The number of tetrazole rings is 1. The van der Waals surface area contributed by atoms with Gasteiger partial charge in [0.2, 0.25) is 0 Å². The summed E-state index contributed by atoms with van der Waals surface area (Å²) >= 11 is 0. The number of aromatic nitrogens is 5. The Labute approximate surface area is 201 Å². The number of hydrogen-bond donors (Lipinski definition) is 1. The fraction of sp³-hybridized carbons (Fsp3) is 0.630. The van der Waals surface area contributed by atoms with Crippen LogP contribution in [0.4, 0.5) is 0 Å². The zero-order valence-corrected chi connectivity index (χ0v) is 20.9. The van der Waals surface area contributed by atoms with Crippen molar-refractivity contribution in [2.45, 2.75) is 110 Å². The van der Waals surface area contributed by atoms with E-state index in [0.29, 0.717) is 18.6 Å². The number of pyridine rings is 1. The normalized spacial score (nSPS) is 18.8. The van der Waals surface area contributed by atoms with Crippen molar-refractivity contribution in [3.05, 3.63) is 51.1 Å². The number of hydrogen-bond acceptors (Lipinski definition) is 5. The minimum absolute atomic E-state index is 0.0172. The summed E-state index contributed by atoms with van der Waals surface area (Å²) in [6.45, 7) is 7.05. The number of H-pyrrole nitrogens is 1. The van der Waals surface area contributed by atoms with E-state index in [2.05, 4.69) is 69.1 Å². The van der Waals surface area contributed by atoms with Crippen molar-refractivity contribution >= 4 is 10.9 Å². The van der Waals surface area contributed by atoms with Crippen LogP contribution in [0.5, 0.6) is 0 Å². The molecule has 3 aromatic rings. The van der Waals surface area contributed by atoms with E-state index >= 15 is 0 Å². The third-order valence-electron chi connectivity index (χ3n) is 8.06. The first-order chi connectivity index (χ1) is 16.5. The van der Waals surface area contributed by atoms with E-state index in [4.69, 9.17) is 0 Å². The first-order valence-corrected chi connectivity index (χ1v) is 13.2. The first kappa shape index (κ1) is 23.2. The number of nitrogens with zero attached hydrogens (tertiary/aromatic N) is 5. The third kappa shape index (κ3) is 4.54. The van der Waals surface area contributed by atoms with Crippen molar-refractivity contribution in [2.75, 3.05) is 0 Å². The van der Waals surface area contributed by atoms with Gasteiger partial charge < -0.3 is 4.98 Å². The van der Waals surface area contributed by atoms with Crippen molar-refractivity contribution < 1.29 is 0 Å². The largest absolute Gasteiger partial charge is 0.322 e. The minimum atomic E-state index is 0.0172. The van der Waals surface area contributed by atoms with Gasteiger partial charge in [0, 0.05) is 29.1 Å². The van der Waals surface area contributed by atoms with Crippen LogP contribution >= 0.6 is 0 Å². The molecule has 2 heterocycles. The predicted octanol–water partition coefficient (Wildman–Crippen LogP) is 5.53. The lowest BCUT2D eigenvalue weighted by Crippen LogP contribution is -2.41. The lowest BCUT2D eigenvalue weighted by Gasteiger charge is -2.39. The Kier molecular flexibility index (Phi) is 6.82. The summed E-state index contributed by atoms with van der Waals surface area (Å²) in [5, 5.41) is 14.2. The molecule has 0 bridgehead atoms. The van der Waals surface area contributed by atoms with Crippen LogP contribution in [-0.4, -0.2) is 36.1 Å². The van der Waals surface area contributed by atoms with Crippen LogP contribution in [0.15, 0.2) is 23.0 Å². The summed E-state index contributed by atoms with van der Waals surface area (Å²) in [5.41, 5.74) is 4.15. The van der Waals surface area contributed by atoms with Gasteiger partial charge in [-0.1, -0.05) is 45.1 Å². The van der Waals surface area contributed by atoms with Crippen LogP contribution in [-0.2, 0) is 6.54 Å². The van der Waals surface area contributed by atoms with Crippen LogP contribution in [0, 0.1) is 13.8 Å². The maximum atomic E-state index is 13.2. The molecule has 1 aromatic carbocycles. The van der Waals surface area contributed by atoms with Crippen molar-refractivity contribution in [2.24, 2.45) is 0 Å². The fourth-order valence-electron chi connectivity index (χ4n) is 6.33. The zero-order valence-electron chi connectivity index (χ0n) is 20.9. The van der Waals surface area contributed by atoms with Crippen molar-refractivity contribution in [1.29, 1.82) is 0 Å². The molecule has 2 aromatic heterocycles. The van der Waals surface area contributed by atoms with Crippen LogP contribution < -0.4 is 5.56 Å². The Morgan fingerprint density at radius 2 is 1.79 bits per heavy atom. The van der Waals surface area contributed by atoms with E-state index in [-0.39, 0.29) is 11.6 Å². The highest BCUT2D eigenvalue weighted by Gasteiger charge is 2.33. The second-order valence-corrected chi connectivity index (χ2v) is 10.5. The number of benzene rings is 1. The second-order valence-electron chi connectivity index (χ2n) is 10.5. The molecule has 1 atom stereocenters. The summed E-state index contributed by atoms with van der Waals surface area (Å²) in [4.78, 5) is 18.9. The average Bonchev–Trinajstić information content (AvgIpc) is 3.52. The Hall–Kier alpha value is -2.54. The SMILES string of the molecule is CCC(c1nnnn1C1CCCC1)N(Cc1cc2c(C)cc(C)cc2[nH]c1=O)C1CCCCC1. The van der Waals surface area contributed by atoms with E-state index < -0.39 is 0 Å². The quantitative estimate of drug-likeness (QED) is 0.499. The molecule has 7 heteroatoms. The van der Waals surface area contributed by atoms with Gasteiger partial charge in [-0.25, -0.2) is 4.68 Å². The highest BCUT2D eigenvalue weighted by molar-refractivity contribution is 5.83. The maximum Gasteiger partial charge on any atom is 0.252 e. The Morgan fingerprint density at radius 1 is 1.06 bits per heavy atom. The molecule has 1 N–H and O–H groups in total. The van der Waals surface area contributed by atoms with Crippen LogP contribution in [0.25, 0.3) is 10.9 Å². The summed E-state index contributed by atoms with van der Waals surface area (Å²) < 4.78 is 2.11. The Bertz CT molecular complexity index is 1190. The van der Waals surface area contributed by atoms with Gasteiger partial charge in [-0.2, -0.15) is 0 Å². The van der Waals surface area contributed by atoms with Gasteiger partial charge in [-0.05, 0) is 79.6 Å². The minimum Gasteiger partial charge on any atom is -0.322 e. The van der Waals surface area contributed by atoms with Gasteiger partial charge in [0.15, 0.2) is 5.82 Å². The van der Waals surface area contributed by atoms with E-state index in [1.807, 2.05) is 0 Å². The van der Waals surface area contributed by atoms with E-state index in [1.54, 1.807) is 0 Å². The lowest BCUT2D eigenvalue weighted by atomic mass is 9.92. The molecule has 0 spiro atoms. The second kappa shape index (κ2) is 9.98. The predicted molar refractivity (Wildman–Crippen MR) is 135 cm³/mol. The van der Waals surface area contributed by atoms with Crippen LogP contribution in [0.2, 0.25) is 0 Å². The summed E-state index contributed by atoms with van der Waals surface area (Å²) in [6, 6.07) is 7.33. The van der Waals surface area contributed by atoms with E-state index in [9.17, 15) is 4.79 Å². The number of fused-ring (bicyclic) bond motifs is 1. The summed E-state index contributed by atoms with van der Waals surface area (Å²) in [6.07, 6.45) is 11.9. The van der Waals surface area contributed by atoms with Crippen LogP contribution in [0.1, 0.15) is 106 Å². The highest BCUT2D eigenvalue weighted by atomic mass is 16.1. The molecule has 2 aliphatic carbocycles. The summed E-state index contributed by atoms with van der Waals surface area (Å²) in [5.74, 6) is 0.976. The first-order valence-electron chi connectivity index (χ1n) is 13.2. The Morgan fingerprint density at radius 3 is 2.53 bits per heavy atom. The molecule has 0 saturated heterocycles. The number of rotatable bonds is 7. The average molecular weight is 463 g/mol. The van der Waals surface area contributed by atoms with Gasteiger partial charge in [-0.15, -0.1) is 5.10 Å². The molecule has 0 radical (unpaired) electrons. The van der Waals surface area contributed by atoms with Gasteiger partial charge >= 0.3 is 0 Å². The van der Waals surface area contributed by atoms with Gasteiger partial charge in [-0.3, -0.25) is 9.69 Å². The number of aromatic amines is 1. The van der Waals surface area contributed by atoms with Gasteiger partial charge in [0.1, 0.15) is 0 Å². The number of nitrogens with one attached hydrogen (secondary N) is 1. The van der Waals surface area contributed by atoms with Gasteiger partial charge in [0.05, 0.1) is 12.1 Å². The molecule has 34 heavy (non-hydrogen) atoms. The van der Waals surface area contributed by atoms with Crippen molar-refractivity contribution in [3.63, 3.8) is 0 Å². The molecule has 2 fully saturated rings. The Balaban J connectivity index is 1.54. The monoisotopic (exact) mass is 462 g/mol. The van der Waals surface area contributed by atoms with Gasteiger partial charge in [0.25, 0.3) is 5.56 Å². The molecule has 182 valence electrons. The highest BCUT2D eigenvalue weighted by Crippen LogP contribution is 2.36. The van der Waals surface area contributed by atoms with Crippen molar-refractivity contribution in [1.82, 2.24) is 30.1 Å². The molecule has 0 amide bonds. The molecule has 1 unspecified atom stereocenters. The molecule has 7 nitrogen and oxygen atoms in total. The van der Waals surface area contributed by atoms with E-state index in [0.717, 1.165) is 41.6 Å². The molecular formula is C27H38N6O.